The molecule has 3 aliphatic carbocycles. The lowest BCUT2D eigenvalue weighted by Crippen LogP contribution is -2.40. The fraction of sp³-hybridized carbons (Fsp3) is 1.00. The molecule has 0 aliphatic heterocycles. The first-order valence-electron chi connectivity index (χ1n) is 7.55. The average molecular weight is 221 g/mol. The predicted molar refractivity (Wildman–Crippen MR) is 68.4 cm³/mol. The van der Waals surface area contributed by atoms with Gasteiger partial charge in [0, 0.05) is 19.1 Å². The molecule has 3 saturated carbocycles. The van der Waals surface area contributed by atoms with Crippen molar-refractivity contribution >= 4 is 0 Å². The summed E-state index contributed by atoms with van der Waals surface area (Å²) >= 11 is 0. The van der Waals surface area contributed by atoms with Crippen molar-refractivity contribution in [2.75, 3.05) is 13.1 Å². The third-order valence-electron chi connectivity index (χ3n) is 4.88. The highest BCUT2D eigenvalue weighted by molar-refractivity contribution is 4.87. The van der Waals surface area contributed by atoms with E-state index in [4.69, 9.17) is 0 Å². The van der Waals surface area contributed by atoms with Gasteiger partial charge in [0.1, 0.15) is 0 Å². The van der Waals surface area contributed by atoms with Gasteiger partial charge in [-0.2, -0.15) is 0 Å². The number of nitrogens with zero attached hydrogens (tertiary/aromatic N) is 1. The zero-order valence-corrected chi connectivity index (χ0v) is 10.8. The van der Waals surface area contributed by atoms with Crippen molar-refractivity contribution in [2.45, 2.75) is 64.3 Å². The molecular formula is C15H27N. The summed E-state index contributed by atoms with van der Waals surface area (Å²) in [6, 6.07) is 0.956. The fourth-order valence-corrected chi connectivity index (χ4v) is 3.24. The Bertz CT molecular complexity index is 208. The molecule has 0 aromatic carbocycles. The van der Waals surface area contributed by atoms with E-state index in [1.54, 1.807) is 0 Å². The maximum absolute atomic E-state index is 2.89. The molecule has 0 bridgehead atoms. The van der Waals surface area contributed by atoms with E-state index in [0.29, 0.717) is 0 Å². The Balaban J connectivity index is 1.52. The first-order valence-corrected chi connectivity index (χ1v) is 7.55. The molecule has 0 radical (unpaired) electrons. The highest BCUT2D eigenvalue weighted by Gasteiger charge is 2.33. The molecular weight excluding hydrogens is 194 g/mol. The lowest BCUT2D eigenvalue weighted by atomic mass is 9.86. The molecule has 0 N–H and O–H groups in total. The van der Waals surface area contributed by atoms with Crippen LogP contribution in [0.5, 0.6) is 0 Å². The average Bonchev–Trinajstić information content (AvgIpc) is 3.12. The maximum atomic E-state index is 2.89. The molecule has 0 amide bonds. The van der Waals surface area contributed by atoms with E-state index in [1.807, 2.05) is 0 Å². The molecule has 3 fully saturated rings. The van der Waals surface area contributed by atoms with E-state index in [-0.39, 0.29) is 0 Å². The van der Waals surface area contributed by atoms with Gasteiger partial charge in [0.25, 0.3) is 0 Å². The zero-order chi connectivity index (χ0) is 11.0. The van der Waals surface area contributed by atoms with Gasteiger partial charge in [-0.1, -0.05) is 6.92 Å². The second-order valence-corrected chi connectivity index (χ2v) is 6.75. The largest absolute Gasteiger partial charge is 0.300 e. The van der Waals surface area contributed by atoms with Crippen molar-refractivity contribution in [3.05, 3.63) is 0 Å². The van der Waals surface area contributed by atoms with Gasteiger partial charge < -0.3 is 0 Å². The van der Waals surface area contributed by atoms with Crippen LogP contribution in [0.4, 0.5) is 0 Å². The van der Waals surface area contributed by atoms with Gasteiger partial charge in [-0.05, 0) is 69.1 Å². The van der Waals surface area contributed by atoms with E-state index in [1.165, 1.54) is 64.5 Å². The predicted octanol–water partition coefficient (Wildman–Crippen LogP) is 3.69. The maximum Gasteiger partial charge on any atom is 0.00956 e. The van der Waals surface area contributed by atoms with Crippen LogP contribution in [-0.4, -0.2) is 24.0 Å². The number of hydrogen-bond acceptors (Lipinski definition) is 1. The van der Waals surface area contributed by atoms with Crippen molar-refractivity contribution in [1.82, 2.24) is 4.90 Å². The second-order valence-electron chi connectivity index (χ2n) is 6.75. The summed E-state index contributed by atoms with van der Waals surface area (Å²) in [5.41, 5.74) is 0. The normalized spacial score (nSPS) is 35.6. The van der Waals surface area contributed by atoms with E-state index >= 15 is 0 Å². The minimum absolute atomic E-state index is 0.956. The number of rotatable bonds is 5. The van der Waals surface area contributed by atoms with E-state index in [2.05, 4.69) is 11.8 Å². The molecule has 0 atom stereocenters. The van der Waals surface area contributed by atoms with E-state index < -0.39 is 0 Å². The van der Waals surface area contributed by atoms with Crippen molar-refractivity contribution in [3.63, 3.8) is 0 Å². The second kappa shape index (κ2) is 4.68. The van der Waals surface area contributed by atoms with Crippen molar-refractivity contribution < 1.29 is 0 Å². The van der Waals surface area contributed by atoms with Crippen LogP contribution in [0, 0.1) is 17.8 Å². The van der Waals surface area contributed by atoms with Gasteiger partial charge in [0.15, 0.2) is 0 Å². The first kappa shape index (κ1) is 11.1. The van der Waals surface area contributed by atoms with Crippen LogP contribution in [0.3, 0.4) is 0 Å². The van der Waals surface area contributed by atoms with Gasteiger partial charge >= 0.3 is 0 Å². The molecule has 0 saturated heterocycles. The topological polar surface area (TPSA) is 3.24 Å². The van der Waals surface area contributed by atoms with Gasteiger partial charge in [-0.15, -0.1) is 0 Å². The van der Waals surface area contributed by atoms with Crippen LogP contribution < -0.4 is 0 Å². The Labute approximate surface area is 101 Å². The van der Waals surface area contributed by atoms with Crippen molar-refractivity contribution in [2.24, 2.45) is 17.8 Å². The van der Waals surface area contributed by atoms with Gasteiger partial charge in [0.2, 0.25) is 0 Å². The standard InChI is InChI=1S/C15H27N/c1-12-2-8-15(9-3-12)16(10-13-4-5-13)11-14-6-7-14/h12-15H,2-11H2,1H3/t12-,15-. The number of hydrogen-bond donors (Lipinski definition) is 0. The lowest BCUT2D eigenvalue weighted by molar-refractivity contribution is 0.128. The molecule has 0 heterocycles. The Hall–Kier alpha value is -0.0400. The van der Waals surface area contributed by atoms with Crippen LogP contribution in [0.1, 0.15) is 58.3 Å². The zero-order valence-electron chi connectivity index (χ0n) is 10.8. The third-order valence-corrected chi connectivity index (χ3v) is 4.88. The third kappa shape index (κ3) is 3.00. The molecule has 1 heteroatoms. The van der Waals surface area contributed by atoms with E-state index in [0.717, 1.165) is 23.8 Å². The smallest absolute Gasteiger partial charge is 0.00956 e. The summed E-state index contributed by atoms with van der Waals surface area (Å²) in [7, 11) is 0. The van der Waals surface area contributed by atoms with Crippen LogP contribution in [0.25, 0.3) is 0 Å². The Morgan fingerprint density at radius 2 is 1.25 bits per heavy atom. The molecule has 0 spiro atoms. The molecule has 92 valence electrons. The van der Waals surface area contributed by atoms with Crippen molar-refractivity contribution in [3.8, 4) is 0 Å². The molecule has 3 rings (SSSR count). The SMILES string of the molecule is C[C@H]1CC[C@H](N(CC2CC2)CC2CC2)CC1. The van der Waals surface area contributed by atoms with E-state index in [9.17, 15) is 0 Å². The molecule has 1 nitrogen and oxygen atoms in total. The fourth-order valence-electron chi connectivity index (χ4n) is 3.24. The summed E-state index contributed by atoms with van der Waals surface area (Å²) in [6.45, 7) is 5.31. The minimum Gasteiger partial charge on any atom is -0.300 e. The quantitative estimate of drug-likeness (QED) is 0.684. The van der Waals surface area contributed by atoms with Gasteiger partial charge in [-0.3, -0.25) is 4.90 Å². The molecule has 0 unspecified atom stereocenters. The first-order chi connectivity index (χ1) is 7.81. The summed E-state index contributed by atoms with van der Waals surface area (Å²) in [5, 5.41) is 0. The van der Waals surface area contributed by atoms with Gasteiger partial charge in [-0.25, -0.2) is 0 Å². The molecule has 0 aromatic rings. The van der Waals surface area contributed by atoms with Crippen molar-refractivity contribution in [1.29, 1.82) is 0 Å². The summed E-state index contributed by atoms with van der Waals surface area (Å²) in [6.07, 6.45) is 12.0. The Morgan fingerprint density at radius 3 is 1.69 bits per heavy atom. The Kier molecular flexibility index (Phi) is 3.24. The minimum atomic E-state index is 0.956. The molecule has 3 aliphatic rings. The monoisotopic (exact) mass is 221 g/mol. The molecule has 16 heavy (non-hydrogen) atoms. The summed E-state index contributed by atoms with van der Waals surface area (Å²) in [4.78, 5) is 2.89. The highest BCUT2D eigenvalue weighted by Crippen LogP contribution is 2.37. The van der Waals surface area contributed by atoms with Crippen LogP contribution in [0.15, 0.2) is 0 Å². The van der Waals surface area contributed by atoms with Crippen LogP contribution in [-0.2, 0) is 0 Å². The lowest BCUT2D eigenvalue weighted by Gasteiger charge is -2.36. The Morgan fingerprint density at radius 1 is 0.750 bits per heavy atom. The molecule has 0 aromatic heterocycles. The summed E-state index contributed by atoms with van der Waals surface area (Å²) in [5.74, 6) is 3.16. The highest BCUT2D eigenvalue weighted by atomic mass is 15.2. The summed E-state index contributed by atoms with van der Waals surface area (Å²) < 4.78 is 0. The van der Waals surface area contributed by atoms with Gasteiger partial charge in [0.05, 0.1) is 0 Å². The van der Waals surface area contributed by atoms with Crippen LogP contribution >= 0.6 is 0 Å². The van der Waals surface area contributed by atoms with Crippen LogP contribution in [0.2, 0.25) is 0 Å².